The van der Waals surface area contributed by atoms with Gasteiger partial charge < -0.3 is 14.6 Å². The Kier molecular flexibility index (Phi) is 4.14. The summed E-state index contributed by atoms with van der Waals surface area (Å²) in [5.41, 5.74) is -1.49. The minimum Gasteiger partial charge on any atom is -0.493 e. The van der Waals surface area contributed by atoms with E-state index < -0.39 is 29.1 Å². The Balaban J connectivity index is 3.25. The summed E-state index contributed by atoms with van der Waals surface area (Å²) < 4.78 is 23.7. The number of methoxy groups -OCH3 is 1. The number of ether oxygens (including phenoxy) is 2. The molecule has 0 saturated heterocycles. The lowest BCUT2D eigenvalue weighted by Crippen LogP contribution is -2.24. The highest BCUT2D eigenvalue weighted by Gasteiger charge is 2.25. The van der Waals surface area contributed by atoms with Crippen molar-refractivity contribution in [2.45, 2.75) is 26.4 Å². The molecule has 1 N–H and O–H groups in total. The lowest BCUT2D eigenvalue weighted by molar-refractivity contribution is 0.00634. The van der Waals surface area contributed by atoms with Gasteiger partial charge in [-0.05, 0) is 32.9 Å². The number of carboxylic acid groups (broad SMARTS) is 1. The zero-order valence-corrected chi connectivity index (χ0v) is 11.1. The molecule has 19 heavy (non-hydrogen) atoms. The molecule has 0 atom stereocenters. The lowest BCUT2D eigenvalue weighted by atomic mass is 10.1. The zero-order valence-electron chi connectivity index (χ0n) is 11.1. The van der Waals surface area contributed by atoms with Gasteiger partial charge in [-0.15, -0.1) is 0 Å². The highest BCUT2D eigenvalue weighted by atomic mass is 19.1. The van der Waals surface area contributed by atoms with E-state index in [1.807, 2.05) is 0 Å². The summed E-state index contributed by atoms with van der Waals surface area (Å²) in [7, 11) is 1.13. The largest absolute Gasteiger partial charge is 0.493 e. The van der Waals surface area contributed by atoms with Gasteiger partial charge in [0.15, 0.2) is 11.6 Å². The third-order valence-corrected chi connectivity index (χ3v) is 2.15. The van der Waals surface area contributed by atoms with Crippen LogP contribution in [0.15, 0.2) is 12.1 Å². The summed E-state index contributed by atoms with van der Waals surface area (Å²) in [6.45, 7) is 4.93. The topological polar surface area (TPSA) is 72.8 Å². The number of benzene rings is 1. The van der Waals surface area contributed by atoms with E-state index in [1.165, 1.54) is 0 Å². The van der Waals surface area contributed by atoms with E-state index >= 15 is 0 Å². The van der Waals surface area contributed by atoms with Crippen molar-refractivity contribution < 1.29 is 28.6 Å². The highest BCUT2D eigenvalue weighted by Crippen LogP contribution is 2.27. The standard InChI is InChI=1S/C13H15FO5/c1-13(2,3)19-12(17)7-5-6-8(11(15)16)10(18-4)9(7)14/h5-6H,1-4H3,(H,15,16). The van der Waals surface area contributed by atoms with E-state index in [-0.39, 0.29) is 11.1 Å². The SMILES string of the molecule is COc1c(C(=O)O)ccc(C(=O)OC(C)(C)C)c1F. The van der Waals surface area contributed by atoms with Crippen molar-refractivity contribution in [3.05, 3.63) is 29.1 Å². The summed E-state index contributed by atoms with van der Waals surface area (Å²) >= 11 is 0. The third kappa shape index (κ3) is 3.43. The average Bonchev–Trinajstić information content (AvgIpc) is 2.25. The van der Waals surface area contributed by atoms with Gasteiger partial charge in [0.05, 0.1) is 12.7 Å². The summed E-state index contributed by atoms with van der Waals surface area (Å²) in [5, 5.41) is 8.87. The van der Waals surface area contributed by atoms with Gasteiger partial charge in [0.2, 0.25) is 0 Å². The molecule has 6 heteroatoms. The van der Waals surface area contributed by atoms with Crippen LogP contribution in [0.25, 0.3) is 0 Å². The van der Waals surface area contributed by atoms with E-state index in [2.05, 4.69) is 0 Å². The number of esters is 1. The summed E-state index contributed by atoms with van der Waals surface area (Å²) in [6.07, 6.45) is 0. The number of hydrogen-bond acceptors (Lipinski definition) is 4. The van der Waals surface area contributed by atoms with Crippen molar-refractivity contribution in [3.63, 3.8) is 0 Å². The van der Waals surface area contributed by atoms with Gasteiger partial charge in [-0.25, -0.2) is 14.0 Å². The van der Waals surface area contributed by atoms with Gasteiger partial charge in [-0.1, -0.05) is 0 Å². The van der Waals surface area contributed by atoms with Crippen LogP contribution in [0.1, 0.15) is 41.5 Å². The van der Waals surface area contributed by atoms with Crippen LogP contribution in [0.2, 0.25) is 0 Å². The Bertz CT molecular complexity index is 517. The van der Waals surface area contributed by atoms with Gasteiger partial charge in [-0.3, -0.25) is 0 Å². The van der Waals surface area contributed by atoms with Crippen LogP contribution < -0.4 is 4.74 Å². The van der Waals surface area contributed by atoms with Crippen LogP contribution in [-0.4, -0.2) is 29.8 Å². The van der Waals surface area contributed by atoms with Crippen LogP contribution in [0.3, 0.4) is 0 Å². The molecule has 104 valence electrons. The molecule has 1 aromatic carbocycles. The normalized spacial score (nSPS) is 11.0. The van der Waals surface area contributed by atoms with Crippen molar-refractivity contribution in [2.75, 3.05) is 7.11 Å². The predicted molar refractivity (Wildman–Crippen MR) is 65.1 cm³/mol. The minimum atomic E-state index is -1.34. The number of rotatable bonds is 3. The zero-order chi connectivity index (χ0) is 14.8. The van der Waals surface area contributed by atoms with E-state index in [0.717, 1.165) is 19.2 Å². The van der Waals surface area contributed by atoms with Crippen molar-refractivity contribution in [3.8, 4) is 5.75 Å². The monoisotopic (exact) mass is 270 g/mol. The Morgan fingerprint density at radius 1 is 1.21 bits per heavy atom. The third-order valence-electron chi connectivity index (χ3n) is 2.15. The van der Waals surface area contributed by atoms with Crippen LogP contribution in [0.4, 0.5) is 4.39 Å². The second-order valence-corrected chi connectivity index (χ2v) is 4.81. The molecule has 0 aliphatic heterocycles. The number of hydrogen-bond donors (Lipinski definition) is 1. The maximum Gasteiger partial charge on any atom is 0.341 e. The Morgan fingerprint density at radius 3 is 2.16 bits per heavy atom. The first-order valence-electron chi connectivity index (χ1n) is 5.50. The number of carbonyl (C=O) groups excluding carboxylic acids is 1. The minimum absolute atomic E-state index is 0.354. The molecule has 0 radical (unpaired) electrons. The molecule has 1 rings (SSSR count). The van der Waals surface area contributed by atoms with Crippen LogP contribution in [0, 0.1) is 5.82 Å². The van der Waals surface area contributed by atoms with Gasteiger partial charge in [0, 0.05) is 0 Å². The summed E-state index contributed by atoms with van der Waals surface area (Å²) in [4.78, 5) is 22.6. The van der Waals surface area contributed by atoms with Gasteiger partial charge in [-0.2, -0.15) is 0 Å². The van der Waals surface area contributed by atoms with Crippen molar-refractivity contribution >= 4 is 11.9 Å². The molecule has 0 saturated carbocycles. The molecule has 0 aliphatic carbocycles. The number of carboxylic acids is 1. The van der Waals surface area contributed by atoms with Crippen molar-refractivity contribution in [1.82, 2.24) is 0 Å². The van der Waals surface area contributed by atoms with Crippen molar-refractivity contribution in [2.24, 2.45) is 0 Å². The molecule has 1 aromatic rings. The molecule has 0 spiro atoms. The predicted octanol–water partition coefficient (Wildman–Crippen LogP) is 2.49. The molecule has 0 unspecified atom stereocenters. The maximum atomic E-state index is 14.0. The first-order valence-corrected chi connectivity index (χ1v) is 5.50. The average molecular weight is 270 g/mol. The van der Waals surface area contributed by atoms with Gasteiger partial charge in [0.1, 0.15) is 11.2 Å². The first-order chi connectivity index (χ1) is 8.67. The fourth-order valence-corrected chi connectivity index (χ4v) is 1.41. The van der Waals surface area contributed by atoms with E-state index in [4.69, 9.17) is 14.6 Å². The molecule has 5 nitrogen and oxygen atoms in total. The van der Waals surface area contributed by atoms with Crippen LogP contribution in [-0.2, 0) is 4.74 Å². The maximum absolute atomic E-state index is 14.0. The Morgan fingerprint density at radius 2 is 1.74 bits per heavy atom. The van der Waals surface area contributed by atoms with E-state index in [0.29, 0.717) is 0 Å². The number of halogens is 1. The van der Waals surface area contributed by atoms with Crippen LogP contribution >= 0.6 is 0 Å². The number of aromatic carboxylic acids is 1. The van der Waals surface area contributed by atoms with E-state index in [1.54, 1.807) is 20.8 Å². The second kappa shape index (κ2) is 5.26. The molecule has 0 aliphatic rings. The summed E-state index contributed by atoms with van der Waals surface area (Å²) in [6, 6.07) is 2.17. The van der Waals surface area contributed by atoms with Crippen LogP contribution in [0.5, 0.6) is 5.75 Å². The molecular weight excluding hydrogens is 255 g/mol. The molecule has 0 aromatic heterocycles. The fourth-order valence-electron chi connectivity index (χ4n) is 1.41. The molecule has 0 fully saturated rings. The quantitative estimate of drug-likeness (QED) is 0.854. The van der Waals surface area contributed by atoms with Gasteiger partial charge in [0.25, 0.3) is 0 Å². The molecular formula is C13H15FO5. The first kappa shape index (κ1) is 14.9. The molecule has 0 bridgehead atoms. The smallest absolute Gasteiger partial charge is 0.341 e. The summed E-state index contributed by atoms with van der Waals surface area (Å²) in [5.74, 6) is -3.75. The fraction of sp³-hybridized carbons (Fsp3) is 0.385. The number of carbonyl (C=O) groups is 2. The Hall–Kier alpha value is -2.11. The van der Waals surface area contributed by atoms with Gasteiger partial charge >= 0.3 is 11.9 Å². The highest BCUT2D eigenvalue weighted by molar-refractivity contribution is 5.95. The van der Waals surface area contributed by atoms with Crippen molar-refractivity contribution in [1.29, 1.82) is 0 Å². The Labute approximate surface area is 109 Å². The lowest BCUT2D eigenvalue weighted by Gasteiger charge is -2.20. The van der Waals surface area contributed by atoms with E-state index in [9.17, 15) is 14.0 Å². The molecule has 0 heterocycles. The molecule has 0 amide bonds. The second-order valence-electron chi connectivity index (χ2n) is 4.81.